The number of esters is 1. The van der Waals surface area contributed by atoms with E-state index in [0.29, 0.717) is 25.2 Å². The maximum absolute atomic E-state index is 12.6. The number of carbonyl (C=O) groups is 2. The first-order valence-corrected chi connectivity index (χ1v) is 8.98. The van der Waals surface area contributed by atoms with E-state index in [2.05, 4.69) is 20.8 Å². The molecule has 1 saturated carbocycles. The van der Waals surface area contributed by atoms with E-state index in [0.717, 1.165) is 19.3 Å². The van der Waals surface area contributed by atoms with Gasteiger partial charge in [0.05, 0.1) is 19.8 Å². The number of hydrogen-bond donors (Lipinski definition) is 0. The number of ketones is 1. The molecule has 0 unspecified atom stereocenters. The van der Waals surface area contributed by atoms with Gasteiger partial charge in [0.15, 0.2) is 5.79 Å². The minimum Gasteiger partial charge on any atom is -0.460 e. The third-order valence-corrected chi connectivity index (χ3v) is 6.39. The van der Waals surface area contributed by atoms with Gasteiger partial charge in [0.2, 0.25) is 0 Å². The Bertz CT molecular complexity index is 570. The molecule has 1 aliphatic heterocycles. The number of carbonyl (C=O) groups excluding carboxylic acids is 2. The maximum Gasteiger partial charge on any atom is 0.379 e. The van der Waals surface area contributed by atoms with Crippen LogP contribution in [-0.4, -0.2) is 37.4 Å². The molecule has 2 atom stereocenters. The zero-order valence-electron chi connectivity index (χ0n) is 15.1. The lowest BCUT2D eigenvalue weighted by atomic mass is 9.49. The van der Waals surface area contributed by atoms with E-state index in [-0.39, 0.29) is 17.9 Å². The number of allylic oxidation sites excluding steroid dienone is 1. The summed E-state index contributed by atoms with van der Waals surface area (Å²) in [7, 11) is 0. The number of fused-ring (bicyclic) bond motifs is 2. The SMILES string of the molecule is CCOC(=O)C(=O)C1=CC[C@@]2(C)[C@@H](CCCC23OCCO3)C1(C)C. The van der Waals surface area contributed by atoms with Gasteiger partial charge in [-0.25, -0.2) is 4.79 Å². The van der Waals surface area contributed by atoms with Crippen LogP contribution in [0.1, 0.15) is 53.4 Å². The van der Waals surface area contributed by atoms with Crippen molar-refractivity contribution in [1.29, 1.82) is 0 Å². The van der Waals surface area contributed by atoms with Crippen LogP contribution < -0.4 is 0 Å². The lowest BCUT2D eigenvalue weighted by Gasteiger charge is -2.59. The minimum absolute atomic E-state index is 0.191. The number of Topliss-reactive ketones (excluding diaryl/α,β-unsaturated/α-hetero) is 1. The zero-order chi connectivity index (χ0) is 17.6. The van der Waals surface area contributed by atoms with Crippen molar-refractivity contribution >= 4 is 11.8 Å². The predicted octanol–water partition coefficient (Wildman–Crippen LogP) is 3.02. The van der Waals surface area contributed by atoms with Gasteiger partial charge in [-0.05, 0) is 37.5 Å². The Balaban J connectivity index is 1.97. The normalized spacial score (nSPS) is 33.7. The fourth-order valence-corrected chi connectivity index (χ4v) is 5.25. The highest BCUT2D eigenvalue weighted by Gasteiger charge is 2.63. The van der Waals surface area contributed by atoms with E-state index in [1.165, 1.54) is 0 Å². The molecule has 24 heavy (non-hydrogen) atoms. The summed E-state index contributed by atoms with van der Waals surface area (Å²) in [5.74, 6) is -1.59. The second-order valence-corrected chi connectivity index (χ2v) is 7.91. The maximum atomic E-state index is 12.6. The number of hydrogen-bond acceptors (Lipinski definition) is 5. The highest BCUT2D eigenvalue weighted by molar-refractivity contribution is 6.40. The first kappa shape index (κ1) is 17.6. The molecular weight excluding hydrogens is 308 g/mol. The molecule has 0 amide bonds. The minimum atomic E-state index is -0.751. The molecule has 5 heteroatoms. The Morgan fingerprint density at radius 1 is 1.25 bits per heavy atom. The van der Waals surface area contributed by atoms with Crippen molar-refractivity contribution in [1.82, 2.24) is 0 Å². The quantitative estimate of drug-likeness (QED) is 0.585. The predicted molar refractivity (Wildman–Crippen MR) is 88.2 cm³/mol. The average Bonchev–Trinajstić information content (AvgIpc) is 2.99. The molecule has 3 aliphatic rings. The second kappa shape index (κ2) is 5.95. The Kier molecular flexibility index (Phi) is 4.37. The fraction of sp³-hybridized carbons (Fsp3) is 0.789. The first-order valence-electron chi connectivity index (χ1n) is 8.98. The summed E-state index contributed by atoms with van der Waals surface area (Å²) in [6.07, 6.45) is 5.51. The molecule has 0 radical (unpaired) electrons. The zero-order valence-corrected chi connectivity index (χ0v) is 15.1. The smallest absolute Gasteiger partial charge is 0.379 e. The lowest BCUT2D eigenvalue weighted by Crippen LogP contribution is -2.60. The van der Waals surface area contributed by atoms with Crippen LogP contribution in [0.4, 0.5) is 0 Å². The highest BCUT2D eigenvalue weighted by atomic mass is 16.7. The van der Waals surface area contributed by atoms with Crippen molar-refractivity contribution in [3.8, 4) is 0 Å². The van der Waals surface area contributed by atoms with E-state index in [9.17, 15) is 9.59 Å². The Labute approximate surface area is 143 Å². The van der Waals surface area contributed by atoms with Gasteiger partial charge in [-0.15, -0.1) is 0 Å². The summed E-state index contributed by atoms with van der Waals surface area (Å²) in [5.41, 5.74) is -0.0260. The van der Waals surface area contributed by atoms with Gasteiger partial charge in [-0.1, -0.05) is 26.8 Å². The third kappa shape index (κ3) is 2.36. The van der Waals surface area contributed by atoms with Gasteiger partial charge in [0.25, 0.3) is 5.78 Å². The fourth-order valence-electron chi connectivity index (χ4n) is 5.25. The van der Waals surface area contributed by atoms with Gasteiger partial charge in [-0.2, -0.15) is 0 Å². The summed E-state index contributed by atoms with van der Waals surface area (Å²) in [5, 5.41) is 0. The number of ether oxygens (including phenoxy) is 3. The van der Waals surface area contributed by atoms with Crippen LogP contribution in [0.3, 0.4) is 0 Å². The molecule has 1 spiro atoms. The van der Waals surface area contributed by atoms with Gasteiger partial charge in [0.1, 0.15) is 0 Å². The molecular formula is C19H28O5. The van der Waals surface area contributed by atoms with Gasteiger partial charge in [-0.3, -0.25) is 4.79 Å². The molecule has 0 N–H and O–H groups in total. The van der Waals surface area contributed by atoms with Crippen LogP contribution in [-0.2, 0) is 23.8 Å². The molecule has 1 saturated heterocycles. The molecule has 134 valence electrons. The Hall–Kier alpha value is -1.20. The van der Waals surface area contributed by atoms with Crippen LogP contribution in [0.2, 0.25) is 0 Å². The molecule has 0 aromatic heterocycles. The van der Waals surface area contributed by atoms with E-state index < -0.39 is 23.0 Å². The summed E-state index contributed by atoms with van der Waals surface area (Å²) in [4.78, 5) is 24.5. The monoisotopic (exact) mass is 336 g/mol. The largest absolute Gasteiger partial charge is 0.460 e. The highest BCUT2D eigenvalue weighted by Crippen LogP contribution is 2.63. The van der Waals surface area contributed by atoms with Crippen molar-refractivity contribution in [3.05, 3.63) is 11.6 Å². The van der Waals surface area contributed by atoms with E-state index >= 15 is 0 Å². The molecule has 2 aliphatic carbocycles. The molecule has 0 bridgehead atoms. The average molecular weight is 336 g/mol. The van der Waals surface area contributed by atoms with Crippen molar-refractivity contribution in [2.24, 2.45) is 16.7 Å². The van der Waals surface area contributed by atoms with Crippen LogP contribution in [0, 0.1) is 16.7 Å². The van der Waals surface area contributed by atoms with Crippen molar-refractivity contribution in [2.45, 2.75) is 59.2 Å². The van der Waals surface area contributed by atoms with E-state index in [1.54, 1.807) is 6.92 Å². The summed E-state index contributed by atoms with van der Waals surface area (Å²) in [6.45, 7) is 9.51. The topological polar surface area (TPSA) is 61.8 Å². The molecule has 5 nitrogen and oxygen atoms in total. The van der Waals surface area contributed by atoms with Crippen molar-refractivity contribution in [3.63, 3.8) is 0 Å². The van der Waals surface area contributed by atoms with Gasteiger partial charge < -0.3 is 14.2 Å². The van der Waals surface area contributed by atoms with E-state index in [4.69, 9.17) is 14.2 Å². The lowest BCUT2D eigenvalue weighted by molar-refractivity contribution is -0.279. The van der Waals surface area contributed by atoms with Crippen LogP contribution in [0.5, 0.6) is 0 Å². The Morgan fingerprint density at radius 3 is 2.54 bits per heavy atom. The standard InChI is InChI=1S/C19H28O5/c1-5-22-16(21)15(20)13-8-10-18(4)14(17(13,2)3)7-6-9-19(18)23-11-12-24-19/h8,14H,5-7,9-12H2,1-4H3/t14-,18-/m0/s1. The first-order chi connectivity index (χ1) is 11.3. The summed E-state index contributed by atoms with van der Waals surface area (Å²) >= 11 is 0. The van der Waals surface area contributed by atoms with Gasteiger partial charge >= 0.3 is 5.97 Å². The molecule has 0 aromatic rings. The molecule has 0 aromatic carbocycles. The molecule has 3 rings (SSSR count). The third-order valence-electron chi connectivity index (χ3n) is 6.39. The molecule has 1 heterocycles. The van der Waals surface area contributed by atoms with Crippen LogP contribution >= 0.6 is 0 Å². The molecule has 2 fully saturated rings. The second-order valence-electron chi connectivity index (χ2n) is 7.91. The summed E-state index contributed by atoms with van der Waals surface area (Å²) < 4.78 is 17.1. The summed E-state index contributed by atoms with van der Waals surface area (Å²) in [6, 6.07) is 0. The number of rotatable bonds is 3. The van der Waals surface area contributed by atoms with Crippen molar-refractivity contribution < 1.29 is 23.8 Å². The van der Waals surface area contributed by atoms with Crippen LogP contribution in [0.25, 0.3) is 0 Å². The van der Waals surface area contributed by atoms with Crippen LogP contribution in [0.15, 0.2) is 11.6 Å². The Morgan fingerprint density at radius 2 is 1.92 bits per heavy atom. The van der Waals surface area contributed by atoms with Crippen molar-refractivity contribution in [2.75, 3.05) is 19.8 Å². The van der Waals surface area contributed by atoms with Gasteiger partial charge in [0, 0.05) is 17.4 Å². The van der Waals surface area contributed by atoms with E-state index in [1.807, 2.05) is 6.08 Å².